The fourth-order valence-electron chi connectivity index (χ4n) is 4.44. The first-order valence-electron chi connectivity index (χ1n) is 13.4. The Morgan fingerprint density at radius 3 is 2.31 bits per heavy atom. The lowest BCUT2D eigenvalue weighted by Crippen LogP contribution is -2.32. The molecule has 0 spiro atoms. The molecule has 0 bridgehead atoms. The van der Waals surface area contributed by atoms with E-state index in [0.29, 0.717) is 25.1 Å². The van der Waals surface area contributed by atoms with Crippen LogP contribution in [0, 0.1) is 10.1 Å². The van der Waals surface area contributed by atoms with Crippen LogP contribution in [0.15, 0.2) is 113 Å². The lowest BCUT2D eigenvalue weighted by molar-refractivity contribution is -0.402. The molecular formula is C31H29N7O4. The van der Waals surface area contributed by atoms with Crippen molar-refractivity contribution in [3.05, 3.63) is 125 Å². The van der Waals surface area contributed by atoms with Crippen LogP contribution in [0.3, 0.4) is 0 Å². The molecule has 1 amide bonds. The fraction of sp³-hybridized carbons (Fsp3) is 0.161. The molecule has 5 aromatic rings. The topological polar surface area (TPSA) is 154 Å². The van der Waals surface area contributed by atoms with Crippen molar-refractivity contribution in [1.29, 1.82) is 0 Å². The van der Waals surface area contributed by atoms with Crippen molar-refractivity contribution < 1.29 is 14.1 Å². The summed E-state index contributed by atoms with van der Waals surface area (Å²) in [7, 11) is 0. The fourth-order valence-corrected chi connectivity index (χ4v) is 4.44. The number of amides is 1. The maximum absolute atomic E-state index is 13.3. The summed E-state index contributed by atoms with van der Waals surface area (Å²) in [5, 5.41) is 22.5. The first kappa shape index (κ1) is 28.0. The average molecular weight is 564 g/mol. The second-order valence-electron chi connectivity index (χ2n) is 9.55. The van der Waals surface area contributed by atoms with Gasteiger partial charge in [0.05, 0.1) is 12.3 Å². The van der Waals surface area contributed by atoms with Gasteiger partial charge in [0.25, 0.3) is 0 Å². The molecule has 0 saturated carbocycles. The Morgan fingerprint density at radius 2 is 1.62 bits per heavy atom. The van der Waals surface area contributed by atoms with E-state index < -0.39 is 16.8 Å². The molecule has 5 rings (SSSR count). The van der Waals surface area contributed by atoms with Crippen molar-refractivity contribution in [3.8, 4) is 22.4 Å². The highest BCUT2D eigenvalue weighted by molar-refractivity contribution is 5.95. The minimum absolute atomic E-state index is 0.0511. The standard InChI is InChI=1S/C31H29N7O4/c32-30(28-17-18-29(42-28)38(40)41)33-19-7-12-27(31(39)34-20-22-8-3-1-4-9-22)37-21-26(35-36-37)25-15-13-24(14-16-25)23-10-5-2-6-11-23/h1-6,8-11,13-18,21,27H,7,12,19-20H2,(H2,32,33)(H,34,39)/t27-/m0/s1. The van der Waals surface area contributed by atoms with Gasteiger partial charge in [-0.15, -0.1) is 5.10 Å². The van der Waals surface area contributed by atoms with Gasteiger partial charge >= 0.3 is 5.88 Å². The molecule has 3 aromatic carbocycles. The minimum Gasteiger partial charge on any atom is -0.397 e. The molecule has 0 aliphatic heterocycles. The maximum Gasteiger partial charge on any atom is 0.433 e. The van der Waals surface area contributed by atoms with Gasteiger partial charge in [-0.2, -0.15) is 0 Å². The largest absolute Gasteiger partial charge is 0.433 e. The molecule has 0 fully saturated rings. The molecule has 0 radical (unpaired) electrons. The van der Waals surface area contributed by atoms with Gasteiger partial charge in [0, 0.05) is 18.7 Å². The Hall–Kier alpha value is -5.58. The van der Waals surface area contributed by atoms with Gasteiger partial charge in [-0.25, -0.2) is 4.68 Å². The van der Waals surface area contributed by atoms with E-state index in [0.717, 1.165) is 22.3 Å². The maximum atomic E-state index is 13.3. The predicted molar refractivity (Wildman–Crippen MR) is 158 cm³/mol. The van der Waals surface area contributed by atoms with Crippen molar-refractivity contribution in [2.24, 2.45) is 10.7 Å². The number of rotatable bonds is 12. The summed E-state index contributed by atoms with van der Waals surface area (Å²) in [6.07, 6.45) is 2.67. The van der Waals surface area contributed by atoms with E-state index in [2.05, 4.69) is 32.8 Å². The van der Waals surface area contributed by atoms with E-state index in [-0.39, 0.29) is 24.0 Å². The highest BCUT2D eigenvalue weighted by Gasteiger charge is 2.22. The molecule has 212 valence electrons. The smallest absolute Gasteiger partial charge is 0.397 e. The molecule has 0 saturated heterocycles. The van der Waals surface area contributed by atoms with Gasteiger partial charge < -0.3 is 15.5 Å². The number of aromatic nitrogens is 3. The highest BCUT2D eigenvalue weighted by Crippen LogP contribution is 2.25. The van der Waals surface area contributed by atoms with Crippen LogP contribution in [0.4, 0.5) is 5.88 Å². The number of nitrogens with one attached hydrogen (secondary N) is 1. The van der Waals surface area contributed by atoms with E-state index in [4.69, 9.17) is 10.2 Å². The number of carbonyl (C=O) groups excluding carboxylic acids is 1. The Labute approximate surface area is 241 Å². The zero-order valence-electron chi connectivity index (χ0n) is 22.7. The van der Waals surface area contributed by atoms with Crippen molar-refractivity contribution in [1.82, 2.24) is 20.3 Å². The first-order chi connectivity index (χ1) is 20.5. The van der Waals surface area contributed by atoms with E-state index in [1.807, 2.05) is 72.8 Å². The van der Waals surface area contributed by atoms with E-state index in [1.54, 1.807) is 10.9 Å². The number of furan rings is 1. The number of aliphatic imine (C=N–C) groups is 1. The third-order valence-corrected chi connectivity index (χ3v) is 6.67. The Morgan fingerprint density at radius 1 is 0.952 bits per heavy atom. The summed E-state index contributed by atoms with van der Waals surface area (Å²) in [5.41, 5.74) is 10.7. The summed E-state index contributed by atoms with van der Waals surface area (Å²) in [5.74, 6) is -0.434. The van der Waals surface area contributed by atoms with Crippen LogP contribution in [0.25, 0.3) is 22.4 Å². The zero-order valence-corrected chi connectivity index (χ0v) is 22.7. The molecular weight excluding hydrogens is 534 g/mol. The van der Waals surface area contributed by atoms with Gasteiger partial charge in [-0.1, -0.05) is 90.1 Å². The Bertz CT molecular complexity index is 1660. The minimum atomic E-state index is -0.639. The van der Waals surface area contributed by atoms with Gasteiger partial charge in [0.1, 0.15) is 16.7 Å². The monoisotopic (exact) mass is 563 g/mol. The average Bonchev–Trinajstić information content (AvgIpc) is 3.72. The number of carbonyl (C=O) groups is 1. The number of amidine groups is 1. The van der Waals surface area contributed by atoms with E-state index >= 15 is 0 Å². The molecule has 0 aliphatic rings. The number of hydrogen-bond donors (Lipinski definition) is 2. The summed E-state index contributed by atoms with van der Waals surface area (Å²) >= 11 is 0. The second-order valence-corrected chi connectivity index (χ2v) is 9.55. The predicted octanol–water partition coefficient (Wildman–Crippen LogP) is 5.16. The normalized spacial score (nSPS) is 12.1. The third kappa shape index (κ3) is 6.94. The van der Waals surface area contributed by atoms with Crippen molar-refractivity contribution in [2.45, 2.75) is 25.4 Å². The molecule has 0 unspecified atom stereocenters. The van der Waals surface area contributed by atoms with Crippen LogP contribution in [0.2, 0.25) is 0 Å². The van der Waals surface area contributed by atoms with Gasteiger partial charge in [0.2, 0.25) is 5.91 Å². The lowest BCUT2D eigenvalue weighted by atomic mass is 10.0. The van der Waals surface area contributed by atoms with Crippen LogP contribution in [-0.4, -0.2) is 38.2 Å². The van der Waals surface area contributed by atoms with Crippen LogP contribution >= 0.6 is 0 Å². The molecule has 3 N–H and O–H groups in total. The quantitative estimate of drug-likeness (QED) is 0.0699. The number of nitrogens with two attached hydrogens (primary N) is 1. The molecule has 42 heavy (non-hydrogen) atoms. The number of hydrogen-bond acceptors (Lipinski definition) is 7. The van der Waals surface area contributed by atoms with E-state index in [1.165, 1.54) is 12.1 Å². The molecule has 11 heteroatoms. The summed E-state index contributed by atoms with van der Waals surface area (Å²) < 4.78 is 6.68. The van der Waals surface area contributed by atoms with Crippen LogP contribution in [0.1, 0.15) is 30.2 Å². The summed E-state index contributed by atoms with van der Waals surface area (Å²) in [6.45, 7) is 0.659. The second kappa shape index (κ2) is 13.2. The number of benzene rings is 3. The van der Waals surface area contributed by atoms with Crippen molar-refractivity contribution in [3.63, 3.8) is 0 Å². The van der Waals surface area contributed by atoms with Crippen molar-refractivity contribution in [2.75, 3.05) is 6.54 Å². The van der Waals surface area contributed by atoms with E-state index in [9.17, 15) is 14.9 Å². The Kier molecular flexibility index (Phi) is 8.78. The summed E-state index contributed by atoms with van der Waals surface area (Å²) in [6, 6.07) is 29.8. The molecule has 1 atom stereocenters. The van der Waals surface area contributed by atoms with Crippen LogP contribution in [-0.2, 0) is 11.3 Å². The SMILES string of the molecule is NC(=NCCC[C@@H](C(=O)NCc1ccccc1)n1cc(-c2ccc(-c3ccccc3)cc2)nn1)c1ccc([N+](=O)[O-])o1. The van der Waals surface area contributed by atoms with Gasteiger partial charge in [0.15, 0.2) is 11.6 Å². The first-order valence-corrected chi connectivity index (χ1v) is 13.4. The number of nitro groups is 1. The van der Waals surface area contributed by atoms with Gasteiger partial charge in [-0.05, 0) is 35.6 Å². The van der Waals surface area contributed by atoms with Crippen LogP contribution < -0.4 is 11.1 Å². The molecule has 11 nitrogen and oxygen atoms in total. The Balaban J connectivity index is 1.29. The lowest BCUT2D eigenvalue weighted by Gasteiger charge is -2.16. The highest BCUT2D eigenvalue weighted by atomic mass is 16.6. The summed E-state index contributed by atoms with van der Waals surface area (Å²) in [4.78, 5) is 27.8. The molecule has 0 aliphatic carbocycles. The third-order valence-electron chi connectivity index (χ3n) is 6.67. The van der Waals surface area contributed by atoms with Gasteiger partial charge in [-0.3, -0.25) is 19.9 Å². The molecule has 2 aromatic heterocycles. The van der Waals surface area contributed by atoms with Crippen LogP contribution in [0.5, 0.6) is 0 Å². The number of nitrogens with zero attached hydrogens (tertiary/aromatic N) is 5. The molecule has 2 heterocycles. The zero-order chi connectivity index (χ0) is 29.3. The van der Waals surface area contributed by atoms with Crippen molar-refractivity contribution >= 4 is 17.6 Å².